The highest BCUT2D eigenvalue weighted by molar-refractivity contribution is 6.23. The number of benzene rings is 1. The molecule has 7 N–H and O–H groups in total. The van der Waals surface area contributed by atoms with Gasteiger partial charge in [0.1, 0.15) is 11.9 Å². The van der Waals surface area contributed by atoms with Gasteiger partial charge in [0.25, 0.3) is 5.91 Å². The number of hydrogen-bond donors (Lipinski definition) is 6. The van der Waals surface area contributed by atoms with E-state index in [1.807, 2.05) is 13.0 Å². The van der Waals surface area contributed by atoms with Crippen LogP contribution in [0.1, 0.15) is 96.6 Å². The smallest absolute Gasteiger partial charge is 0.405 e. The van der Waals surface area contributed by atoms with Gasteiger partial charge in [0.15, 0.2) is 6.10 Å². The number of nitrogens with two attached hydrogens (primary N) is 1. The molecule has 13 nitrogen and oxygen atoms in total. The number of aliphatic hydroxyl groups excluding tert-OH is 2. The normalized spacial score (nSPS) is 36.1. The SMILES string of the molecule is CO[C@H]1C[C@@H](C)CC2=C(NCC#CC[C@@H]3CC4C5CCc6cc(O)ccc6C5CC[C@]4(C)[C@H]3O)C(=O)C=C(NC(=O)/C(C)=C/C=C\[C@@H](OC)[C@H](OC(N)=O)/C(C)=C/[C@H](C)[C@H]1O)C2=O. The van der Waals surface area contributed by atoms with Gasteiger partial charge in [-0.25, -0.2) is 4.79 Å². The van der Waals surface area contributed by atoms with Gasteiger partial charge in [-0.15, -0.1) is 5.92 Å². The Morgan fingerprint density at radius 1 is 1.06 bits per heavy atom. The molecule has 1 heterocycles. The molecule has 3 unspecified atom stereocenters. The number of rotatable bonds is 6. The van der Waals surface area contributed by atoms with E-state index in [1.54, 1.807) is 45.1 Å². The summed E-state index contributed by atoms with van der Waals surface area (Å²) in [5.41, 5.74) is 8.74. The lowest BCUT2D eigenvalue weighted by atomic mass is 9.55. The van der Waals surface area contributed by atoms with E-state index in [2.05, 4.69) is 35.5 Å². The summed E-state index contributed by atoms with van der Waals surface area (Å²) >= 11 is 0. The molecule has 0 spiro atoms. The van der Waals surface area contributed by atoms with Crippen LogP contribution in [0.3, 0.4) is 0 Å². The van der Waals surface area contributed by atoms with Crippen LogP contribution < -0.4 is 16.4 Å². The molecular weight excluding hydrogens is 803 g/mol. The van der Waals surface area contributed by atoms with Crippen molar-refractivity contribution in [2.45, 2.75) is 122 Å². The van der Waals surface area contributed by atoms with Crippen molar-refractivity contribution >= 4 is 23.6 Å². The molecule has 2 amide bonds. The van der Waals surface area contributed by atoms with Gasteiger partial charge in [0, 0.05) is 43.8 Å². The van der Waals surface area contributed by atoms with Crippen molar-refractivity contribution in [1.82, 2.24) is 10.6 Å². The number of ketones is 2. The van der Waals surface area contributed by atoms with Crippen LogP contribution in [0.15, 0.2) is 76.7 Å². The van der Waals surface area contributed by atoms with Crippen molar-refractivity contribution in [3.63, 3.8) is 0 Å². The molecule has 2 bridgehead atoms. The third-order valence-corrected chi connectivity index (χ3v) is 14.5. The molecular formula is C50H65N3O10. The summed E-state index contributed by atoms with van der Waals surface area (Å²) < 4.78 is 16.8. The van der Waals surface area contributed by atoms with Crippen molar-refractivity contribution in [2.75, 3.05) is 20.8 Å². The number of phenolic OH excluding ortho intramolecular Hbond substituents is 1. The Kier molecular flexibility index (Phi) is 15.2. The molecule has 12 atom stereocenters. The van der Waals surface area contributed by atoms with Gasteiger partial charge >= 0.3 is 6.09 Å². The fraction of sp³-hybridized carbons (Fsp3) is 0.560. The Labute approximate surface area is 371 Å². The quantitative estimate of drug-likeness (QED) is 0.118. The molecule has 340 valence electrons. The number of primary amides is 1. The minimum absolute atomic E-state index is 0.0129. The number of nitrogens with one attached hydrogen (secondary N) is 2. The molecule has 2 saturated carbocycles. The number of methoxy groups -OCH3 is 2. The van der Waals surface area contributed by atoms with Crippen LogP contribution in [0, 0.1) is 46.8 Å². The lowest BCUT2D eigenvalue weighted by Gasteiger charge is -2.50. The molecule has 6 rings (SSSR count). The molecule has 1 aliphatic heterocycles. The van der Waals surface area contributed by atoms with Gasteiger partial charge in [0.05, 0.1) is 36.3 Å². The number of ether oxygens (including phenoxy) is 3. The Bertz CT molecular complexity index is 2160. The summed E-state index contributed by atoms with van der Waals surface area (Å²) in [5, 5.41) is 39.1. The van der Waals surface area contributed by atoms with E-state index in [1.165, 1.54) is 31.4 Å². The molecule has 13 heteroatoms. The van der Waals surface area contributed by atoms with E-state index < -0.39 is 60.0 Å². The summed E-state index contributed by atoms with van der Waals surface area (Å²) in [5.74, 6) is 5.66. The molecule has 1 aromatic carbocycles. The largest absolute Gasteiger partial charge is 0.508 e. The average Bonchev–Trinajstić information content (AvgIpc) is 3.50. The summed E-state index contributed by atoms with van der Waals surface area (Å²) in [6.07, 6.45) is 8.37. The Morgan fingerprint density at radius 3 is 2.54 bits per heavy atom. The first kappa shape index (κ1) is 47.5. The standard InChI is InChI=1S/C50H65N3O10/c1-27-21-37-43(52-20-9-8-12-32-25-38-36-16-14-31-24-33(54)15-17-34(31)35(36)18-19-50(38,5)47(32)58)40(55)26-39(45(37)57)53-48(59)28(2)11-10-13-41(61-6)46(63-49(51)60)30(4)23-29(3)44(56)42(22-27)62-7/h10-11,13,15,17,23-24,26-27,29,32,35-36,38,41-42,44,46-47,52,54,56,58H,12,14,16,18-22,25H2,1-7H3,(H2,51,60)(H,53,59)/b13-10-,28-11+,30-23+/t27-,29-,32+,35?,36?,38?,41+,42-,44+,46+,47-,50-/m0/s1. The number of allylic oxidation sites excluding steroid dienone is 4. The van der Waals surface area contributed by atoms with Crippen LogP contribution in [0.4, 0.5) is 4.79 Å². The first-order valence-corrected chi connectivity index (χ1v) is 22.2. The van der Waals surface area contributed by atoms with Crippen molar-refractivity contribution in [3.05, 3.63) is 87.8 Å². The van der Waals surface area contributed by atoms with Gasteiger partial charge < -0.3 is 45.9 Å². The Hall–Kier alpha value is -5.00. The fourth-order valence-corrected chi connectivity index (χ4v) is 11.1. The lowest BCUT2D eigenvalue weighted by Crippen LogP contribution is -2.44. The van der Waals surface area contributed by atoms with Crippen LogP contribution in [0.2, 0.25) is 0 Å². The number of hydrogen-bond acceptors (Lipinski definition) is 11. The second-order valence-electron chi connectivity index (χ2n) is 18.6. The average molecular weight is 868 g/mol. The van der Waals surface area contributed by atoms with Gasteiger partial charge in [-0.05, 0) is 123 Å². The molecule has 5 aliphatic rings. The maximum Gasteiger partial charge on any atom is 0.405 e. The Balaban J connectivity index is 1.20. The topological polar surface area (TPSA) is 207 Å². The molecule has 2 fully saturated rings. The Morgan fingerprint density at radius 2 is 1.83 bits per heavy atom. The third kappa shape index (κ3) is 10.4. The van der Waals surface area contributed by atoms with E-state index in [4.69, 9.17) is 19.9 Å². The maximum atomic E-state index is 14.2. The minimum atomic E-state index is -1.01. The zero-order valence-corrected chi connectivity index (χ0v) is 37.6. The van der Waals surface area contributed by atoms with Crippen LogP contribution in [-0.2, 0) is 35.0 Å². The predicted octanol–water partition coefficient (Wildman–Crippen LogP) is 5.59. The minimum Gasteiger partial charge on any atom is -0.508 e. The van der Waals surface area contributed by atoms with Gasteiger partial charge in [0.2, 0.25) is 11.6 Å². The highest BCUT2D eigenvalue weighted by Gasteiger charge is 2.57. The third-order valence-electron chi connectivity index (χ3n) is 14.5. The second kappa shape index (κ2) is 20.2. The van der Waals surface area contributed by atoms with Crippen LogP contribution in [0.25, 0.3) is 0 Å². The number of aryl methyl sites for hydroxylation is 1. The number of aromatic hydroxyl groups is 1. The molecule has 4 aliphatic carbocycles. The number of aliphatic hydroxyl groups is 2. The number of carbonyl (C=O) groups is 4. The molecule has 0 aromatic heterocycles. The highest BCUT2D eigenvalue weighted by atomic mass is 16.6. The number of Topliss-reactive ketones (excluding diaryl/α,β-unsaturated/α-hetero) is 1. The first-order chi connectivity index (χ1) is 30.0. The molecule has 63 heavy (non-hydrogen) atoms. The van der Waals surface area contributed by atoms with E-state index in [-0.39, 0.29) is 52.8 Å². The first-order valence-electron chi connectivity index (χ1n) is 22.2. The van der Waals surface area contributed by atoms with Crippen LogP contribution in [-0.4, -0.2) is 90.2 Å². The monoisotopic (exact) mass is 867 g/mol. The van der Waals surface area contributed by atoms with Crippen molar-refractivity contribution in [3.8, 4) is 17.6 Å². The second-order valence-corrected chi connectivity index (χ2v) is 18.6. The molecule has 0 saturated heterocycles. The predicted molar refractivity (Wildman–Crippen MR) is 238 cm³/mol. The van der Waals surface area contributed by atoms with Gasteiger partial charge in [-0.1, -0.05) is 57.1 Å². The zero-order chi connectivity index (χ0) is 45.7. The van der Waals surface area contributed by atoms with Gasteiger partial charge in [-0.2, -0.15) is 0 Å². The van der Waals surface area contributed by atoms with E-state index in [9.17, 15) is 34.5 Å². The zero-order valence-electron chi connectivity index (χ0n) is 37.6. The number of phenols is 1. The van der Waals surface area contributed by atoms with E-state index >= 15 is 0 Å². The number of carbonyl (C=O) groups excluding carboxylic acids is 4. The van der Waals surface area contributed by atoms with E-state index in [0.717, 1.165) is 38.2 Å². The van der Waals surface area contributed by atoms with Gasteiger partial charge in [-0.3, -0.25) is 14.4 Å². The fourth-order valence-electron chi connectivity index (χ4n) is 11.1. The highest BCUT2D eigenvalue weighted by Crippen LogP contribution is 2.62. The summed E-state index contributed by atoms with van der Waals surface area (Å²) in [6, 6.07) is 5.79. The van der Waals surface area contributed by atoms with Crippen molar-refractivity contribution < 1.29 is 48.7 Å². The molecule has 1 aromatic rings. The van der Waals surface area contributed by atoms with E-state index in [0.29, 0.717) is 41.9 Å². The van der Waals surface area contributed by atoms with Crippen LogP contribution >= 0.6 is 0 Å². The summed E-state index contributed by atoms with van der Waals surface area (Å²) in [7, 11) is 2.93. The number of amides is 2. The van der Waals surface area contributed by atoms with Crippen molar-refractivity contribution in [1.29, 1.82) is 0 Å². The maximum absolute atomic E-state index is 14.2. The summed E-state index contributed by atoms with van der Waals surface area (Å²) in [6.45, 7) is 9.32. The number of fused-ring (bicyclic) bond motifs is 7. The lowest BCUT2D eigenvalue weighted by molar-refractivity contribution is -0.120. The molecule has 0 radical (unpaired) electrons. The summed E-state index contributed by atoms with van der Waals surface area (Å²) in [4.78, 5) is 53.2. The van der Waals surface area contributed by atoms with Crippen LogP contribution in [0.5, 0.6) is 5.75 Å². The van der Waals surface area contributed by atoms with Crippen molar-refractivity contribution in [2.24, 2.45) is 40.7 Å².